The molecule has 0 aromatic heterocycles. The summed E-state index contributed by atoms with van der Waals surface area (Å²) in [6, 6.07) is 4.19. The highest BCUT2D eigenvalue weighted by Gasteiger charge is 2.32. The average Bonchev–Trinajstić information content (AvgIpc) is 2.24. The van der Waals surface area contributed by atoms with Crippen LogP contribution in [0.1, 0.15) is 6.92 Å². The van der Waals surface area contributed by atoms with E-state index in [9.17, 15) is 14.7 Å². The number of carboxylic acid groups (broad SMARTS) is 1. The Hall–Kier alpha value is -2.24. The quantitative estimate of drug-likeness (QED) is 0.786. The Labute approximate surface area is 97.0 Å². The zero-order valence-electron chi connectivity index (χ0n) is 9.08. The fourth-order valence-corrected chi connectivity index (χ4v) is 1.70. The average molecular weight is 237 g/mol. The van der Waals surface area contributed by atoms with Crippen LogP contribution in [-0.2, 0) is 9.59 Å². The fraction of sp³-hybridized carbons (Fsp3) is 0.273. The highest BCUT2D eigenvalue weighted by atomic mass is 16.5. The number of carbonyl (C=O) groups is 2. The van der Waals surface area contributed by atoms with Gasteiger partial charge in [-0.05, 0) is 19.1 Å². The highest BCUT2D eigenvalue weighted by molar-refractivity contribution is 6.02. The van der Waals surface area contributed by atoms with Gasteiger partial charge in [0.1, 0.15) is 18.0 Å². The Morgan fingerprint density at radius 3 is 2.88 bits per heavy atom. The molecule has 0 spiro atoms. The minimum atomic E-state index is -1.11. The molecule has 0 bridgehead atoms. The van der Waals surface area contributed by atoms with E-state index in [0.717, 1.165) is 4.90 Å². The second-order valence-electron chi connectivity index (χ2n) is 3.73. The molecule has 0 saturated heterocycles. The molecule has 1 aliphatic rings. The molecule has 6 heteroatoms. The van der Waals surface area contributed by atoms with Crippen molar-refractivity contribution in [2.24, 2.45) is 0 Å². The normalized spacial score (nSPS) is 18.5. The van der Waals surface area contributed by atoms with Gasteiger partial charge in [-0.2, -0.15) is 0 Å². The molecule has 0 fully saturated rings. The molecule has 6 nitrogen and oxygen atoms in total. The number of hydrogen-bond donors (Lipinski definition) is 2. The van der Waals surface area contributed by atoms with Crippen LogP contribution in [0.25, 0.3) is 0 Å². The summed E-state index contributed by atoms with van der Waals surface area (Å²) >= 11 is 0. The summed E-state index contributed by atoms with van der Waals surface area (Å²) in [5.41, 5.74) is 0.355. The highest BCUT2D eigenvalue weighted by Crippen LogP contribution is 2.36. The number of amides is 1. The van der Waals surface area contributed by atoms with E-state index >= 15 is 0 Å². The first-order valence-electron chi connectivity index (χ1n) is 5.02. The lowest BCUT2D eigenvalue weighted by Gasteiger charge is -2.31. The first-order chi connectivity index (χ1) is 7.99. The lowest BCUT2D eigenvalue weighted by atomic mass is 10.2. The van der Waals surface area contributed by atoms with Gasteiger partial charge in [0.2, 0.25) is 0 Å². The number of fused-ring (bicyclic) bond motifs is 1. The van der Waals surface area contributed by atoms with Crippen molar-refractivity contribution in [2.75, 3.05) is 11.4 Å². The van der Waals surface area contributed by atoms with Crippen LogP contribution in [0.2, 0.25) is 0 Å². The van der Waals surface area contributed by atoms with Crippen molar-refractivity contribution in [2.45, 2.75) is 13.0 Å². The molecule has 0 aliphatic carbocycles. The van der Waals surface area contributed by atoms with E-state index in [-0.39, 0.29) is 5.75 Å². The molecule has 0 radical (unpaired) electrons. The Bertz CT molecular complexity index is 485. The maximum atomic E-state index is 11.8. The number of ether oxygens (including phenoxy) is 1. The topological polar surface area (TPSA) is 87.1 Å². The van der Waals surface area contributed by atoms with Gasteiger partial charge in [-0.3, -0.25) is 14.5 Å². The van der Waals surface area contributed by atoms with E-state index in [4.69, 9.17) is 9.84 Å². The van der Waals surface area contributed by atoms with Crippen molar-refractivity contribution in [3.63, 3.8) is 0 Å². The van der Waals surface area contributed by atoms with Crippen LogP contribution in [0.15, 0.2) is 18.2 Å². The van der Waals surface area contributed by atoms with E-state index < -0.39 is 24.5 Å². The van der Waals surface area contributed by atoms with Crippen molar-refractivity contribution < 1.29 is 24.5 Å². The molecular formula is C11H11NO5. The molecule has 1 heterocycles. The van der Waals surface area contributed by atoms with E-state index in [1.165, 1.54) is 25.1 Å². The number of carboxylic acids is 1. The summed E-state index contributed by atoms with van der Waals surface area (Å²) in [5.74, 6) is -1.21. The maximum absolute atomic E-state index is 11.8. The summed E-state index contributed by atoms with van der Waals surface area (Å²) in [7, 11) is 0. The second kappa shape index (κ2) is 3.97. The van der Waals surface area contributed by atoms with Crippen molar-refractivity contribution in [1.82, 2.24) is 0 Å². The maximum Gasteiger partial charge on any atom is 0.323 e. The fourth-order valence-electron chi connectivity index (χ4n) is 1.70. The first kappa shape index (κ1) is 11.3. The number of aliphatic carboxylic acids is 1. The molecule has 1 aromatic carbocycles. The summed E-state index contributed by atoms with van der Waals surface area (Å²) < 4.78 is 5.29. The number of anilines is 1. The van der Waals surface area contributed by atoms with Gasteiger partial charge in [0.15, 0.2) is 6.10 Å². The van der Waals surface area contributed by atoms with Gasteiger partial charge in [0.25, 0.3) is 5.91 Å². The molecule has 90 valence electrons. The van der Waals surface area contributed by atoms with Crippen LogP contribution < -0.4 is 9.64 Å². The number of phenolic OH excluding ortho intramolecular Hbond substituents is 1. The lowest BCUT2D eigenvalue weighted by molar-refractivity contribution is -0.137. The van der Waals surface area contributed by atoms with Gasteiger partial charge < -0.3 is 14.9 Å². The summed E-state index contributed by atoms with van der Waals surface area (Å²) in [6.07, 6.45) is -0.761. The number of phenols is 1. The van der Waals surface area contributed by atoms with Crippen molar-refractivity contribution >= 4 is 17.6 Å². The predicted octanol–water partition coefficient (Wildman–Crippen LogP) is 0.591. The third-order valence-electron chi connectivity index (χ3n) is 2.45. The predicted molar refractivity (Wildman–Crippen MR) is 58.2 cm³/mol. The summed E-state index contributed by atoms with van der Waals surface area (Å²) in [6.45, 7) is 1.11. The van der Waals surface area contributed by atoms with Gasteiger partial charge in [-0.15, -0.1) is 0 Å². The van der Waals surface area contributed by atoms with Gasteiger partial charge >= 0.3 is 5.97 Å². The molecule has 1 amide bonds. The molecule has 1 unspecified atom stereocenters. The van der Waals surface area contributed by atoms with E-state index in [1.54, 1.807) is 0 Å². The minimum Gasteiger partial charge on any atom is -0.508 e. The third-order valence-corrected chi connectivity index (χ3v) is 2.45. The monoisotopic (exact) mass is 237 g/mol. The van der Waals surface area contributed by atoms with Gasteiger partial charge in [0, 0.05) is 6.07 Å². The molecule has 1 aliphatic heterocycles. The molecule has 1 aromatic rings. The van der Waals surface area contributed by atoms with Crippen molar-refractivity contribution in [3.05, 3.63) is 18.2 Å². The Kier molecular flexibility index (Phi) is 2.63. The number of nitrogens with zero attached hydrogens (tertiary/aromatic N) is 1. The zero-order chi connectivity index (χ0) is 12.6. The SMILES string of the molecule is CC1Oc2cc(O)ccc2N(CC(=O)O)C1=O. The number of benzene rings is 1. The minimum absolute atomic E-state index is 0.000531. The number of rotatable bonds is 2. The standard InChI is InChI=1S/C11H11NO5/c1-6-11(16)12(5-10(14)15)8-3-2-7(13)4-9(8)17-6/h2-4,6,13H,5H2,1H3,(H,14,15). The van der Waals surface area contributed by atoms with Crippen LogP contribution in [0.3, 0.4) is 0 Å². The van der Waals surface area contributed by atoms with Crippen LogP contribution >= 0.6 is 0 Å². The smallest absolute Gasteiger partial charge is 0.323 e. The van der Waals surface area contributed by atoms with Crippen LogP contribution in [-0.4, -0.2) is 34.7 Å². The second-order valence-corrected chi connectivity index (χ2v) is 3.73. The van der Waals surface area contributed by atoms with Gasteiger partial charge in [-0.25, -0.2) is 0 Å². The van der Waals surface area contributed by atoms with Crippen LogP contribution in [0, 0.1) is 0 Å². The third kappa shape index (κ3) is 2.01. The van der Waals surface area contributed by atoms with Crippen LogP contribution in [0.4, 0.5) is 5.69 Å². The van der Waals surface area contributed by atoms with Gasteiger partial charge in [-0.1, -0.05) is 0 Å². The Morgan fingerprint density at radius 1 is 1.53 bits per heavy atom. The zero-order valence-corrected chi connectivity index (χ0v) is 9.08. The van der Waals surface area contributed by atoms with E-state index in [1.807, 2.05) is 0 Å². The van der Waals surface area contributed by atoms with Crippen molar-refractivity contribution in [1.29, 1.82) is 0 Å². The number of carbonyl (C=O) groups excluding carboxylic acids is 1. The Balaban J connectivity index is 2.45. The largest absolute Gasteiger partial charge is 0.508 e. The van der Waals surface area contributed by atoms with E-state index in [0.29, 0.717) is 11.4 Å². The first-order valence-corrected chi connectivity index (χ1v) is 5.02. The summed E-state index contributed by atoms with van der Waals surface area (Å²) in [5, 5.41) is 18.1. The van der Waals surface area contributed by atoms with Gasteiger partial charge in [0.05, 0.1) is 5.69 Å². The lowest BCUT2D eigenvalue weighted by Crippen LogP contribution is -2.46. The molecule has 17 heavy (non-hydrogen) atoms. The molecule has 2 N–H and O–H groups in total. The number of aromatic hydroxyl groups is 1. The molecule has 1 atom stereocenters. The van der Waals surface area contributed by atoms with Crippen LogP contribution in [0.5, 0.6) is 11.5 Å². The Morgan fingerprint density at radius 2 is 2.24 bits per heavy atom. The summed E-state index contributed by atoms with van der Waals surface area (Å²) in [4.78, 5) is 23.6. The number of hydrogen-bond acceptors (Lipinski definition) is 4. The van der Waals surface area contributed by atoms with Crippen molar-refractivity contribution in [3.8, 4) is 11.5 Å². The molecule has 2 rings (SSSR count). The molecule has 0 saturated carbocycles. The molecular weight excluding hydrogens is 226 g/mol. The van der Waals surface area contributed by atoms with E-state index in [2.05, 4.69) is 0 Å².